The lowest BCUT2D eigenvalue weighted by atomic mass is 10.0. The van der Waals surface area contributed by atoms with Gasteiger partial charge in [-0.2, -0.15) is 17.5 Å². The SMILES string of the molecule is CCc1ccc(S(=O)(=O)N2CCN(c3nc(C(F)(F)F)cs3)CC2)cc1CC(=O)O. The molecule has 3 rings (SSSR count). The van der Waals surface area contributed by atoms with E-state index in [0.29, 0.717) is 12.0 Å². The van der Waals surface area contributed by atoms with E-state index in [9.17, 15) is 26.4 Å². The summed E-state index contributed by atoms with van der Waals surface area (Å²) in [6, 6.07) is 4.48. The van der Waals surface area contributed by atoms with Crippen molar-refractivity contribution < 1.29 is 31.5 Å². The molecule has 1 aromatic heterocycles. The number of carboxylic acids is 1. The van der Waals surface area contributed by atoms with Crippen LogP contribution in [0.5, 0.6) is 0 Å². The first-order chi connectivity index (χ1) is 14.0. The van der Waals surface area contributed by atoms with Gasteiger partial charge in [0.05, 0.1) is 11.3 Å². The number of aromatic nitrogens is 1. The number of benzene rings is 1. The molecule has 2 aromatic rings. The van der Waals surface area contributed by atoms with Gasteiger partial charge in [0.2, 0.25) is 10.0 Å². The fourth-order valence-corrected chi connectivity index (χ4v) is 5.60. The van der Waals surface area contributed by atoms with E-state index in [1.807, 2.05) is 6.92 Å². The van der Waals surface area contributed by atoms with Gasteiger partial charge in [0.15, 0.2) is 10.8 Å². The molecule has 164 valence electrons. The second-order valence-electron chi connectivity index (χ2n) is 6.76. The molecule has 0 unspecified atom stereocenters. The highest BCUT2D eigenvalue weighted by atomic mass is 32.2. The van der Waals surface area contributed by atoms with E-state index in [1.165, 1.54) is 16.4 Å². The zero-order valence-electron chi connectivity index (χ0n) is 16.0. The normalized spacial score (nSPS) is 16.1. The third-order valence-electron chi connectivity index (χ3n) is 4.83. The Morgan fingerprint density at radius 1 is 1.20 bits per heavy atom. The van der Waals surface area contributed by atoms with Gasteiger partial charge in [0.25, 0.3) is 0 Å². The van der Waals surface area contributed by atoms with E-state index < -0.39 is 27.9 Å². The Kier molecular flexibility index (Phi) is 6.39. The van der Waals surface area contributed by atoms with Crippen molar-refractivity contribution in [2.24, 2.45) is 0 Å². The number of piperazine rings is 1. The molecule has 1 N–H and O–H groups in total. The molecule has 0 atom stereocenters. The smallest absolute Gasteiger partial charge is 0.434 e. The van der Waals surface area contributed by atoms with Crippen LogP contribution in [0.2, 0.25) is 0 Å². The summed E-state index contributed by atoms with van der Waals surface area (Å²) in [4.78, 5) is 16.3. The molecule has 0 saturated carbocycles. The van der Waals surface area contributed by atoms with Crippen molar-refractivity contribution in [2.75, 3.05) is 31.1 Å². The summed E-state index contributed by atoms with van der Waals surface area (Å²) in [7, 11) is -3.85. The lowest BCUT2D eigenvalue weighted by molar-refractivity contribution is -0.140. The highest BCUT2D eigenvalue weighted by Crippen LogP contribution is 2.33. The highest BCUT2D eigenvalue weighted by molar-refractivity contribution is 7.89. The highest BCUT2D eigenvalue weighted by Gasteiger charge is 2.35. The van der Waals surface area contributed by atoms with E-state index in [-0.39, 0.29) is 42.6 Å². The molecule has 30 heavy (non-hydrogen) atoms. The third-order valence-corrected chi connectivity index (χ3v) is 7.63. The van der Waals surface area contributed by atoms with Crippen molar-refractivity contribution in [3.05, 3.63) is 40.4 Å². The maximum Gasteiger partial charge on any atom is 0.434 e. The van der Waals surface area contributed by atoms with Crippen molar-refractivity contribution in [1.29, 1.82) is 0 Å². The monoisotopic (exact) mass is 463 g/mol. The van der Waals surface area contributed by atoms with Gasteiger partial charge in [-0.1, -0.05) is 13.0 Å². The zero-order chi connectivity index (χ0) is 22.1. The number of halogens is 3. The van der Waals surface area contributed by atoms with Gasteiger partial charge in [0, 0.05) is 31.6 Å². The molecule has 1 fully saturated rings. The Hall–Kier alpha value is -2.18. The van der Waals surface area contributed by atoms with Crippen molar-refractivity contribution in [1.82, 2.24) is 9.29 Å². The predicted octanol–water partition coefficient (Wildman–Crippen LogP) is 2.86. The summed E-state index contributed by atoms with van der Waals surface area (Å²) in [5.74, 6) is -1.05. The number of hydrogen-bond donors (Lipinski definition) is 1. The minimum Gasteiger partial charge on any atom is -0.481 e. The number of hydrogen-bond acceptors (Lipinski definition) is 6. The molecule has 12 heteroatoms. The third kappa shape index (κ3) is 4.76. The predicted molar refractivity (Wildman–Crippen MR) is 105 cm³/mol. The molecule has 1 saturated heterocycles. The van der Waals surface area contributed by atoms with E-state index in [0.717, 1.165) is 22.3 Å². The summed E-state index contributed by atoms with van der Waals surface area (Å²) in [6.45, 7) is 2.45. The van der Waals surface area contributed by atoms with Gasteiger partial charge in [-0.25, -0.2) is 13.4 Å². The molecule has 0 radical (unpaired) electrons. The number of nitrogens with zero attached hydrogens (tertiary/aromatic N) is 3. The topological polar surface area (TPSA) is 90.8 Å². The number of carbonyl (C=O) groups is 1. The Morgan fingerprint density at radius 2 is 1.87 bits per heavy atom. The molecule has 2 heterocycles. The largest absolute Gasteiger partial charge is 0.481 e. The van der Waals surface area contributed by atoms with Crippen molar-refractivity contribution in [3.63, 3.8) is 0 Å². The molecular weight excluding hydrogens is 443 g/mol. The van der Waals surface area contributed by atoms with Crippen LogP contribution < -0.4 is 4.90 Å². The maximum atomic E-state index is 13.0. The van der Waals surface area contributed by atoms with Crippen molar-refractivity contribution >= 4 is 32.5 Å². The first kappa shape index (κ1) is 22.5. The Balaban J connectivity index is 1.74. The average molecular weight is 464 g/mol. The van der Waals surface area contributed by atoms with Crippen LogP contribution in [0.25, 0.3) is 0 Å². The van der Waals surface area contributed by atoms with Gasteiger partial charge < -0.3 is 10.0 Å². The van der Waals surface area contributed by atoms with Crippen LogP contribution in [-0.2, 0) is 33.8 Å². The number of aliphatic carboxylic acids is 1. The summed E-state index contributed by atoms with van der Waals surface area (Å²) in [5, 5.41) is 10.2. The first-order valence-electron chi connectivity index (χ1n) is 9.13. The molecule has 0 aliphatic carbocycles. The average Bonchev–Trinajstić information content (AvgIpc) is 3.18. The summed E-state index contributed by atoms with van der Waals surface area (Å²) >= 11 is 0.871. The van der Waals surface area contributed by atoms with E-state index in [4.69, 9.17) is 5.11 Å². The molecular formula is C18H20F3N3O4S2. The number of rotatable bonds is 6. The fraction of sp³-hybridized carbons (Fsp3) is 0.444. The molecule has 7 nitrogen and oxygen atoms in total. The summed E-state index contributed by atoms with van der Waals surface area (Å²) < 4.78 is 65.5. The minimum absolute atomic E-state index is 0.0120. The summed E-state index contributed by atoms with van der Waals surface area (Å²) in [5.41, 5.74) is 0.261. The second-order valence-corrected chi connectivity index (χ2v) is 9.53. The van der Waals surface area contributed by atoms with Gasteiger partial charge in [-0.3, -0.25) is 4.79 Å². The van der Waals surface area contributed by atoms with Crippen molar-refractivity contribution in [3.8, 4) is 0 Å². The van der Waals surface area contributed by atoms with Crippen LogP contribution in [0.3, 0.4) is 0 Å². The van der Waals surface area contributed by atoms with Crippen molar-refractivity contribution in [2.45, 2.75) is 30.8 Å². The van der Waals surface area contributed by atoms with E-state index in [1.54, 1.807) is 11.0 Å². The fourth-order valence-electron chi connectivity index (χ4n) is 3.24. The van der Waals surface area contributed by atoms with Crippen LogP contribution in [0.1, 0.15) is 23.7 Å². The van der Waals surface area contributed by atoms with Gasteiger partial charge in [-0.15, -0.1) is 11.3 Å². The zero-order valence-corrected chi connectivity index (χ0v) is 17.6. The van der Waals surface area contributed by atoms with Gasteiger partial charge >= 0.3 is 12.1 Å². The lowest BCUT2D eigenvalue weighted by Gasteiger charge is -2.33. The molecule has 1 aliphatic rings. The number of thiazole rings is 1. The van der Waals surface area contributed by atoms with E-state index in [2.05, 4.69) is 4.98 Å². The standard InChI is InChI=1S/C18H20F3N3O4S2/c1-2-12-3-4-14(9-13(12)10-16(25)26)30(27,28)24-7-5-23(6-8-24)17-22-15(11-29-17)18(19,20)21/h3-4,9,11H,2,5-8,10H2,1H3,(H,25,26). The lowest BCUT2D eigenvalue weighted by Crippen LogP contribution is -2.48. The Labute approximate surface area is 175 Å². The van der Waals surface area contributed by atoms with Gasteiger partial charge in [0.1, 0.15) is 0 Å². The number of aryl methyl sites for hydroxylation is 1. The minimum atomic E-state index is -4.52. The molecule has 1 aromatic carbocycles. The molecule has 0 bridgehead atoms. The molecule has 1 aliphatic heterocycles. The number of carboxylic acid groups (broad SMARTS) is 1. The van der Waals surface area contributed by atoms with Crippen LogP contribution in [0.4, 0.5) is 18.3 Å². The van der Waals surface area contributed by atoms with Crippen LogP contribution in [-0.4, -0.2) is 55.0 Å². The number of alkyl halides is 3. The van der Waals surface area contributed by atoms with Gasteiger partial charge in [-0.05, 0) is 29.7 Å². The van der Waals surface area contributed by atoms with E-state index >= 15 is 0 Å². The van der Waals surface area contributed by atoms with Crippen LogP contribution in [0, 0.1) is 0 Å². The number of anilines is 1. The second kappa shape index (κ2) is 8.52. The quantitative estimate of drug-likeness (QED) is 0.709. The first-order valence-corrected chi connectivity index (χ1v) is 11.5. The van der Waals surface area contributed by atoms with Crippen LogP contribution >= 0.6 is 11.3 Å². The van der Waals surface area contributed by atoms with Crippen LogP contribution in [0.15, 0.2) is 28.5 Å². The molecule has 0 amide bonds. The Morgan fingerprint density at radius 3 is 2.40 bits per heavy atom. The Bertz CT molecular complexity index is 1030. The summed E-state index contributed by atoms with van der Waals surface area (Å²) in [6.07, 6.45) is -4.21. The maximum absolute atomic E-state index is 13.0. The number of sulfonamides is 1. The molecule has 0 spiro atoms.